The van der Waals surface area contributed by atoms with Crippen molar-refractivity contribution in [3.63, 3.8) is 0 Å². The lowest BCUT2D eigenvalue weighted by molar-refractivity contribution is -0.145. The average molecular weight is 488 g/mol. The van der Waals surface area contributed by atoms with Gasteiger partial charge in [-0.15, -0.1) is 6.42 Å². The summed E-state index contributed by atoms with van der Waals surface area (Å²) in [6.45, 7) is -0.403. The molecule has 0 aliphatic carbocycles. The first-order valence-electron chi connectivity index (χ1n) is 9.63. The van der Waals surface area contributed by atoms with E-state index >= 15 is 0 Å². The molecule has 9 nitrogen and oxygen atoms in total. The number of nitrogens with zero attached hydrogens (tertiary/aromatic N) is 3. The van der Waals surface area contributed by atoms with Crippen LogP contribution in [-0.2, 0) is 36.0 Å². The molecule has 33 heavy (non-hydrogen) atoms. The largest absolute Gasteiger partial charge is 0.468 e. The summed E-state index contributed by atoms with van der Waals surface area (Å²) in [5.74, 6) is 1.40. The van der Waals surface area contributed by atoms with E-state index in [1.54, 1.807) is 36.4 Å². The Kier molecular flexibility index (Phi) is 7.33. The van der Waals surface area contributed by atoms with Crippen molar-refractivity contribution < 1.29 is 26.4 Å². The van der Waals surface area contributed by atoms with Gasteiger partial charge in [0.05, 0.1) is 29.1 Å². The molecule has 3 aromatic rings. The van der Waals surface area contributed by atoms with Crippen molar-refractivity contribution in [2.45, 2.75) is 22.3 Å². The Labute approximate surface area is 192 Å². The maximum Gasteiger partial charge on any atom is 0.324 e. The number of rotatable bonds is 9. The molecule has 0 saturated heterocycles. The highest BCUT2D eigenvalue weighted by Crippen LogP contribution is 2.21. The quantitative estimate of drug-likeness (QED) is 0.332. The molecule has 0 spiro atoms. The van der Waals surface area contributed by atoms with Gasteiger partial charge in [-0.05, 0) is 24.3 Å². The number of sulfonamides is 1. The number of ether oxygens (including phenoxy) is 1. The van der Waals surface area contributed by atoms with E-state index in [9.17, 15) is 21.6 Å². The van der Waals surface area contributed by atoms with Gasteiger partial charge in [0.1, 0.15) is 12.4 Å². The van der Waals surface area contributed by atoms with Crippen LogP contribution in [0.3, 0.4) is 0 Å². The molecule has 1 atom stereocenters. The van der Waals surface area contributed by atoms with Crippen LogP contribution in [0, 0.1) is 12.3 Å². The standard InChI is InChI=1S/C22H21N3O6S2/c1-3-14-25(33(29,30)20-12-8-5-9-13-20)21(22(26)31-2)15-18-16-24(17-23-18)32(27,28)19-10-6-4-7-11-19/h1,4-13,16-17,21H,14-15H2,2H3. The molecule has 0 aliphatic rings. The second kappa shape index (κ2) is 9.99. The molecule has 172 valence electrons. The third kappa shape index (κ3) is 5.14. The number of hydrogen-bond donors (Lipinski definition) is 0. The first-order valence-corrected chi connectivity index (χ1v) is 12.5. The summed E-state index contributed by atoms with van der Waals surface area (Å²) in [5, 5.41) is 0. The van der Waals surface area contributed by atoms with E-state index < -0.39 is 38.6 Å². The zero-order chi connectivity index (χ0) is 24.1. The van der Waals surface area contributed by atoms with E-state index in [-0.39, 0.29) is 21.9 Å². The van der Waals surface area contributed by atoms with Crippen LogP contribution >= 0.6 is 0 Å². The molecule has 2 aromatic carbocycles. The second-order valence-corrected chi connectivity index (χ2v) is 10.6. The molecule has 0 fully saturated rings. The number of imidazole rings is 1. The molecule has 0 saturated carbocycles. The highest BCUT2D eigenvalue weighted by molar-refractivity contribution is 7.90. The number of hydrogen-bond acceptors (Lipinski definition) is 7. The molecule has 1 heterocycles. The van der Waals surface area contributed by atoms with Gasteiger partial charge in [-0.25, -0.2) is 25.8 Å². The van der Waals surface area contributed by atoms with Crippen LogP contribution in [0.1, 0.15) is 5.69 Å². The fourth-order valence-corrected chi connectivity index (χ4v) is 5.80. The number of carbonyl (C=O) groups is 1. The minimum atomic E-state index is -4.17. The summed E-state index contributed by atoms with van der Waals surface area (Å²) < 4.78 is 58.6. The molecule has 0 amide bonds. The molecular formula is C22H21N3O6S2. The van der Waals surface area contributed by atoms with Gasteiger partial charge in [0.15, 0.2) is 0 Å². The fourth-order valence-electron chi connectivity index (χ4n) is 3.11. The van der Waals surface area contributed by atoms with Gasteiger partial charge in [-0.2, -0.15) is 4.31 Å². The molecule has 11 heteroatoms. The summed E-state index contributed by atoms with van der Waals surface area (Å²) in [6.07, 6.45) is 7.45. The molecule has 1 unspecified atom stereocenters. The fraction of sp³-hybridized carbons (Fsp3) is 0.182. The first-order chi connectivity index (χ1) is 15.7. The zero-order valence-electron chi connectivity index (χ0n) is 17.6. The van der Waals surface area contributed by atoms with Gasteiger partial charge < -0.3 is 4.74 Å². The zero-order valence-corrected chi connectivity index (χ0v) is 19.2. The summed E-state index contributed by atoms with van der Waals surface area (Å²) in [6, 6.07) is 13.9. The summed E-state index contributed by atoms with van der Waals surface area (Å²) in [7, 11) is -6.95. The lowest BCUT2D eigenvalue weighted by Gasteiger charge is -2.27. The van der Waals surface area contributed by atoms with Gasteiger partial charge in [0.25, 0.3) is 10.0 Å². The summed E-state index contributed by atoms with van der Waals surface area (Å²) in [4.78, 5) is 16.7. The smallest absolute Gasteiger partial charge is 0.324 e. The monoisotopic (exact) mass is 487 g/mol. The van der Waals surface area contributed by atoms with Crippen molar-refractivity contribution in [2.24, 2.45) is 0 Å². The normalized spacial score (nSPS) is 12.8. The van der Waals surface area contributed by atoms with Gasteiger partial charge >= 0.3 is 5.97 Å². The van der Waals surface area contributed by atoms with E-state index in [2.05, 4.69) is 10.9 Å². The van der Waals surface area contributed by atoms with Gasteiger partial charge in [-0.1, -0.05) is 42.3 Å². The van der Waals surface area contributed by atoms with Crippen molar-refractivity contribution in [1.82, 2.24) is 13.3 Å². The van der Waals surface area contributed by atoms with Crippen LogP contribution in [0.4, 0.5) is 0 Å². The van der Waals surface area contributed by atoms with Crippen molar-refractivity contribution >= 4 is 26.0 Å². The highest BCUT2D eigenvalue weighted by atomic mass is 32.2. The van der Waals surface area contributed by atoms with E-state index in [1.165, 1.54) is 30.5 Å². The molecule has 0 radical (unpaired) electrons. The van der Waals surface area contributed by atoms with Crippen LogP contribution < -0.4 is 0 Å². The highest BCUT2D eigenvalue weighted by Gasteiger charge is 2.37. The van der Waals surface area contributed by atoms with Crippen LogP contribution in [0.25, 0.3) is 0 Å². The van der Waals surface area contributed by atoms with Crippen LogP contribution in [0.5, 0.6) is 0 Å². The first kappa shape index (κ1) is 24.2. The Bertz CT molecular complexity index is 1360. The number of esters is 1. The molecule has 0 aliphatic heterocycles. The lowest BCUT2D eigenvalue weighted by Crippen LogP contribution is -2.47. The van der Waals surface area contributed by atoms with E-state index in [0.717, 1.165) is 21.7 Å². The summed E-state index contributed by atoms with van der Waals surface area (Å²) >= 11 is 0. The van der Waals surface area contributed by atoms with E-state index in [4.69, 9.17) is 11.2 Å². The number of aromatic nitrogens is 2. The minimum absolute atomic E-state index is 0.0497. The van der Waals surface area contributed by atoms with E-state index in [0.29, 0.717) is 0 Å². The number of carbonyl (C=O) groups excluding carboxylic acids is 1. The minimum Gasteiger partial charge on any atom is -0.468 e. The molecule has 1 aromatic heterocycles. The average Bonchev–Trinajstić information content (AvgIpc) is 3.31. The predicted octanol–water partition coefficient (Wildman–Crippen LogP) is 1.53. The topological polar surface area (TPSA) is 116 Å². The van der Waals surface area contributed by atoms with Crippen molar-refractivity contribution in [3.8, 4) is 12.3 Å². The van der Waals surface area contributed by atoms with Crippen molar-refractivity contribution in [3.05, 3.63) is 78.9 Å². The van der Waals surface area contributed by atoms with Crippen molar-refractivity contribution in [1.29, 1.82) is 0 Å². The van der Waals surface area contributed by atoms with Crippen LogP contribution in [0.2, 0.25) is 0 Å². The molecular weight excluding hydrogens is 466 g/mol. The Morgan fingerprint density at radius 2 is 1.64 bits per heavy atom. The second-order valence-electron chi connectivity index (χ2n) is 6.82. The predicted molar refractivity (Wildman–Crippen MR) is 120 cm³/mol. The van der Waals surface area contributed by atoms with Crippen LogP contribution in [-0.4, -0.2) is 55.8 Å². The molecule has 0 N–H and O–H groups in total. The lowest BCUT2D eigenvalue weighted by atomic mass is 10.1. The van der Waals surface area contributed by atoms with Crippen molar-refractivity contribution in [2.75, 3.05) is 13.7 Å². The Morgan fingerprint density at radius 1 is 1.06 bits per heavy atom. The SMILES string of the molecule is C#CCN(C(Cc1cn(S(=O)(=O)c2ccccc2)cn1)C(=O)OC)S(=O)(=O)c1ccccc1. The number of benzene rings is 2. The number of terminal acetylenes is 1. The summed E-state index contributed by atoms with van der Waals surface area (Å²) in [5.41, 5.74) is 0.162. The Balaban J connectivity index is 1.98. The maximum atomic E-state index is 13.2. The number of methoxy groups -OCH3 is 1. The third-order valence-corrected chi connectivity index (χ3v) is 8.24. The third-order valence-electron chi connectivity index (χ3n) is 4.75. The van der Waals surface area contributed by atoms with Gasteiger partial charge in [0.2, 0.25) is 10.0 Å². The Hall–Kier alpha value is -3.46. The van der Waals surface area contributed by atoms with E-state index in [1.807, 2.05) is 0 Å². The maximum absolute atomic E-state index is 13.2. The van der Waals surface area contributed by atoms with Gasteiger partial charge in [-0.3, -0.25) is 4.79 Å². The van der Waals surface area contributed by atoms with Crippen LogP contribution in [0.15, 0.2) is 83.0 Å². The van der Waals surface area contributed by atoms with Gasteiger partial charge in [0, 0.05) is 12.6 Å². The molecule has 3 rings (SSSR count). The molecule has 0 bridgehead atoms. The Morgan fingerprint density at radius 3 is 2.18 bits per heavy atom.